The van der Waals surface area contributed by atoms with Gasteiger partial charge in [-0.3, -0.25) is 19.3 Å². The van der Waals surface area contributed by atoms with Gasteiger partial charge >= 0.3 is 0 Å². The Morgan fingerprint density at radius 2 is 1.74 bits per heavy atom. The Balaban J connectivity index is 1.54. The second kappa shape index (κ2) is 15.0. The normalized spacial score (nSPS) is 29.2. The van der Waals surface area contributed by atoms with Crippen LogP contribution in [0.15, 0.2) is 55.6 Å². The number of amides is 3. The number of carbonyl (C=O) groups excluding carboxylic acids is 3. The summed E-state index contributed by atoms with van der Waals surface area (Å²) in [6.07, 6.45) is 5.58. The number of nitrogens with zero attached hydrogens (tertiary/aromatic N) is 4. The minimum absolute atomic E-state index is 0.150. The van der Waals surface area contributed by atoms with Crippen molar-refractivity contribution in [3.63, 3.8) is 0 Å². The molecule has 4 heterocycles. The third-order valence-corrected chi connectivity index (χ3v) is 10.8. The first-order valence-corrected chi connectivity index (χ1v) is 17.4. The molecule has 5 rings (SSSR count). The predicted octanol–water partition coefficient (Wildman–Crippen LogP) is 3.11. The van der Waals surface area contributed by atoms with E-state index in [2.05, 4.69) is 18.1 Å². The average molecular weight is 651 g/mol. The third kappa shape index (κ3) is 6.67. The molecule has 0 aromatic heterocycles. The Bertz CT molecular complexity index is 1280. The van der Waals surface area contributed by atoms with E-state index in [9.17, 15) is 19.5 Å². The lowest BCUT2D eigenvalue weighted by molar-refractivity contribution is -0.158. The van der Waals surface area contributed by atoms with Gasteiger partial charge in [-0.05, 0) is 37.2 Å². The Morgan fingerprint density at radius 1 is 1.06 bits per heavy atom. The van der Waals surface area contributed by atoms with Crippen molar-refractivity contribution in [2.45, 2.75) is 76.3 Å². The number of likely N-dealkylation sites (tertiary alicyclic amines) is 1. The van der Waals surface area contributed by atoms with E-state index in [4.69, 9.17) is 9.47 Å². The summed E-state index contributed by atoms with van der Waals surface area (Å²) in [5.41, 5.74) is -1.04. The Morgan fingerprint density at radius 3 is 2.36 bits per heavy atom. The zero-order chi connectivity index (χ0) is 33.8. The predicted molar refractivity (Wildman–Crippen MR) is 180 cm³/mol. The van der Waals surface area contributed by atoms with Gasteiger partial charge in [0.05, 0.1) is 43.3 Å². The molecule has 1 aromatic carbocycles. The molecular weight excluding hydrogens is 596 g/mol. The summed E-state index contributed by atoms with van der Waals surface area (Å²) in [7, 11) is 0. The molecule has 2 unspecified atom stereocenters. The van der Waals surface area contributed by atoms with Gasteiger partial charge < -0.3 is 29.3 Å². The molecule has 4 saturated heterocycles. The molecule has 4 aliphatic rings. The molecule has 10 heteroatoms. The standard InChI is InChI=1S/C37H54N4O6/c1-6-16-39(19-18-38-20-22-46-23-21-38)35(45)32-37-15-14-36(8-3,47-37)30(31(37)34(44)41(32)29(26-42)24-27(4)5)33(43)40(17-7-2)25-28-12-10-9-11-13-28/h6-7,9-13,27,29-32,42H,1-2,8,14-26H2,3-5H3/t29-,30-,31+,32?,36+,37?/m1/s1. The van der Waals surface area contributed by atoms with Gasteiger partial charge in [0, 0.05) is 45.8 Å². The van der Waals surface area contributed by atoms with E-state index in [-0.39, 0.29) is 30.2 Å². The molecule has 0 radical (unpaired) electrons. The first-order chi connectivity index (χ1) is 22.7. The van der Waals surface area contributed by atoms with Crippen LogP contribution in [0.5, 0.6) is 0 Å². The lowest BCUT2D eigenvalue weighted by Crippen LogP contribution is -2.59. The van der Waals surface area contributed by atoms with Crippen LogP contribution in [0.1, 0.15) is 52.0 Å². The number of aliphatic hydroxyl groups is 1. The number of fused-ring (bicyclic) bond motifs is 1. The minimum atomic E-state index is -1.17. The van der Waals surface area contributed by atoms with Gasteiger partial charge in [-0.25, -0.2) is 0 Å². The molecule has 4 aliphatic heterocycles. The molecule has 6 atom stereocenters. The SMILES string of the molecule is C=CCN(CCN1CCOCC1)C(=O)C1N([C@@H](CO)CC(C)C)C(=O)[C@@H]2[C@H](C(=O)N(CC=C)Cc3ccccc3)[C@]3(CC)CCC12O3. The number of aliphatic hydroxyl groups excluding tert-OH is 1. The second-order valence-corrected chi connectivity index (χ2v) is 14.1. The molecule has 2 bridgehead atoms. The van der Waals surface area contributed by atoms with Crippen LogP contribution in [0.4, 0.5) is 0 Å². The summed E-state index contributed by atoms with van der Waals surface area (Å²) in [6, 6.07) is 8.27. The number of ether oxygens (including phenoxy) is 2. The average Bonchev–Trinajstić information content (AvgIpc) is 3.69. The highest BCUT2D eigenvalue weighted by atomic mass is 16.5. The fraction of sp³-hybridized carbons (Fsp3) is 0.649. The van der Waals surface area contributed by atoms with Gasteiger partial charge in [0.25, 0.3) is 0 Å². The van der Waals surface area contributed by atoms with Crippen molar-refractivity contribution in [2.24, 2.45) is 17.8 Å². The maximum absolute atomic E-state index is 14.9. The number of carbonyl (C=O) groups is 3. The molecule has 0 aliphatic carbocycles. The number of hydrogen-bond donors (Lipinski definition) is 1. The van der Waals surface area contributed by atoms with Crippen molar-refractivity contribution in [3.05, 3.63) is 61.2 Å². The summed E-state index contributed by atoms with van der Waals surface area (Å²) in [5, 5.41) is 10.7. The van der Waals surface area contributed by atoms with Crippen LogP contribution in [0, 0.1) is 17.8 Å². The van der Waals surface area contributed by atoms with Crippen LogP contribution >= 0.6 is 0 Å². The topological polar surface area (TPSA) is 103 Å². The largest absolute Gasteiger partial charge is 0.394 e. The van der Waals surface area contributed by atoms with E-state index in [1.54, 1.807) is 26.9 Å². The summed E-state index contributed by atoms with van der Waals surface area (Å²) in [6.45, 7) is 18.8. The Hall–Kier alpha value is -3.05. The third-order valence-electron chi connectivity index (χ3n) is 10.8. The van der Waals surface area contributed by atoms with Crippen molar-refractivity contribution in [1.82, 2.24) is 19.6 Å². The van der Waals surface area contributed by atoms with Crippen LogP contribution in [-0.4, -0.2) is 125 Å². The highest BCUT2D eigenvalue weighted by Gasteiger charge is 2.79. The van der Waals surface area contributed by atoms with Crippen molar-refractivity contribution in [1.29, 1.82) is 0 Å². The van der Waals surface area contributed by atoms with Crippen molar-refractivity contribution >= 4 is 17.7 Å². The fourth-order valence-electron chi connectivity index (χ4n) is 8.62. The number of morpholine rings is 1. The maximum atomic E-state index is 14.9. The van der Waals surface area contributed by atoms with Gasteiger partial charge in [0.1, 0.15) is 11.6 Å². The van der Waals surface area contributed by atoms with E-state index >= 15 is 0 Å². The molecule has 10 nitrogen and oxygen atoms in total. The highest BCUT2D eigenvalue weighted by molar-refractivity contribution is 5.99. The quantitative estimate of drug-likeness (QED) is 0.275. The molecule has 1 N–H and O–H groups in total. The van der Waals surface area contributed by atoms with Gasteiger partial charge in [0.2, 0.25) is 17.7 Å². The molecule has 3 amide bonds. The van der Waals surface area contributed by atoms with Gasteiger partial charge in [-0.15, -0.1) is 13.2 Å². The van der Waals surface area contributed by atoms with E-state index in [1.165, 1.54) is 0 Å². The van der Waals surface area contributed by atoms with Gasteiger partial charge in [-0.1, -0.05) is 63.3 Å². The van der Waals surface area contributed by atoms with Crippen molar-refractivity contribution in [2.75, 3.05) is 59.1 Å². The number of hydrogen-bond acceptors (Lipinski definition) is 7. The lowest BCUT2D eigenvalue weighted by atomic mass is 9.64. The zero-order valence-electron chi connectivity index (χ0n) is 28.5. The van der Waals surface area contributed by atoms with Crippen LogP contribution < -0.4 is 0 Å². The molecule has 1 aromatic rings. The molecule has 4 fully saturated rings. The Labute approximate surface area is 280 Å². The van der Waals surface area contributed by atoms with Crippen LogP contribution in [0.2, 0.25) is 0 Å². The smallest absolute Gasteiger partial charge is 0.248 e. The van der Waals surface area contributed by atoms with E-state index < -0.39 is 35.1 Å². The van der Waals surface area contributed by atoms with Crippen molar-refractivity contribution in [3.8, 4) is 0 Å². The maximum Gasteiger partial charge on any atom is 0.248 e. The van der Waals surface area contributed by atoms with Crippen LogP contribution in [0.25, 0.3) is 0 Å². The molecule has 258 valence electrons. The molecule has 0 saturated carbocycles. The Kier molecular flexibility index (Phi) is 11.3. The zero-order valence-corrected chi connectivity index (χ0v) is 28.5. The van der Waals surface area contributed by atoms with Crippen molar-refractivity contribution < 1.29 is 29.0 Å². The van der Waals surface area contributed by atoms with Crippen LogP contribution in [0.3, 0.4) is 0 Å². The number of benzene rings is 1. The number of rotatable bonds is 16. The summed E-state index contributed by atoms with van der Waals surface area (Å²) < 4.78 is 12.6. The van der Waals surface area contributed by atoms with E-state index in [1.807, 2.05) is 51.1 Å². The molecule has 1 spiro atoms. The second-order valence-electron chi connectivity index (χ2n) is 14.1. The minimum Gasteiger partial charge on any atom is -0.394 e. The lowest BCUT2D eigenvalue weighted by Gasteiger charge is -2.40. The first kappa shape index (κ1) is 35.3. The monoisotopic (exact) mass is 650 g/mol. The van der Waals surface area contributed by atoms with E-state index in [0.717, 1.165) is 18.7 Å². The summed E-state index contributed by atoms with van der Waals surface area (Å²) in [4.78, 5) is 52.0. The fourth-order valence-corrected chi connectivity index (χ4v) is 8.62. The van der Waals surface area contributed by atoms with Crippen LogP contribution in [-0.2, 0) is 30.4 Å². The first-order valence-electron chi connectivity index (χ1n) is 17.4. The van der Waals surface area contributed by atoms with Gasteiger partial charge in [-0.2, -0.15) is 0 Å². The highest BCUT2D eigenvalue weighted by Crippen LogP contribution is 2.65. The van der Waals surface area contributed by atoms with Gasteiger partial charge in [0.15, 0.2) is 0 Å². The molecule has 47 heavy (non-hydrogen) atoms. The molecular formula is C37H54N4O6. The van der Waals surface area contributed by atoms with E-state index in [0.29, 0.717) is 71.6 Å². The summed E-state index contributed by atoms with van der Waals surface area (Å²) >= 11 is 0. The summed E-state index contributed by atoms with van der Waals surface area (Å²) in [5.74, 6) is -2.03.